The molecule has 5 rings (SSSR count). The maximum Gasteiger partial charge on any atom is 0.322 e. The Bertz CT molecular complexity index is 583. The molecule has 5 saturated carbocycles. The Labute approximate surface area is 163 Å². The second-order valence-electron chi connectivity index (χ2n) is 10.4. The lowest BCUT2D eigenvalue weighted by atomic mass is 9.36. The monoisotopic (exact) mass is 376 g/mol. The van der Waals surface area contributed by atoms with E-state index in [1.54, 1.807) is 0 Å². The number of esters is 1. The molecule has 146 valence electrons. The van der Waals surface area contributed by atoms with Crippen molar-refractivity contribution in [2.75, 3.05) is 5.75 Å². The molecule has 0 aromatic heterocycles. The number of ether oxygens (including phenoxy) is 1. The van der Waals surface area contributed by atoms with Gasteiger partial charge in [-0.2, -0.15) is 0 Å². The van der Waals surface area contributed by atoms with Crippen LogP contribution in [0, 0.1) is 29.1 Å². The number of hydrogen-bond acceptors (Lipinski definition) is 3. The molecule has 5 aliphatic rings. The van der Waals surface area contributed by atoms with Gasteiger partial charge < -0.3 is 4.74 Å². The molecule has 0 N–H and O–H groups in total. The van der Waals surface area contributed by atoms with Crippen LogP contribution in [0.3, 0.4) is 0 Å². The first-order valence-electron chi connectivity index (χ1n) is 11.4. The van der Waals surface area contributed by atoms with Gasteiger partial charge in [0.2, 0.25) is 0 Å². The minimum atomic E-state index is -0.211. The summed E-state index contributed by atoms with van der Waals surface area (Å²) in [5.74, 6) is 4.61. The molecule has 26 heavy (non-hydrogen) atoms. The number of unbranched alkanes of at least 4 members (excludes halogenated alkanes) is 3. The first kappa shape index (κ1) is 17.9. The molecule has 0 saturated heterocycles. The Hall–Kier alpha value is -0.180. The minimum absolute atomic E-state index is 0.136. The fourth-order valence-corrected chi connectivity index (χ4v) is 9.39. The van der Waals surface area contributed by atoms with Gasteiger partial charge >= 0.3 is 5.97 Å². The van der Waals surface area contributed by atoms with Gasteiger partial charge in [0.15, 0.2) is 0 Å². The summed E-state index contributed by atoms with van der Waals surface area (Å²) in [6.07, 6.45) is 15.2. The summed E-state index contributed by atoms with van der Waals surface area (Å²) in [6.45, 7) is 4.57. The van der Waals surface area contributed by atoms with Crippen molar-refractivity contribution in [2.45, 2.75) is 101 Å². The molecule has 1 spiro atoms. The van der Waals surface area contributed by atoms with Gasteiger partial charge in [-0.05, 0) is 80.8 Å². The molecule has 2 nitrogen and oxygen atoms in total. The quantitative estimate of drug-likeness (QED) is 0.385. The highest BCUT2D eigenvalue weighted by molar-refractivity contribution is 8.01. The lowest BCUT2D eigenvalue weighted by Crippen LogP contribution is -2.66. The zero-order valence-electron chi connectivity index (χ0n) is 16.7. The molecule has 5 fully saturated rings. The maximum absolute atomic E-state index is 13.4. The standard InChI is InChI=1S/C23H36O2S/c1-3-4-5-8-11-26-22(9-6-7-10-22)20(24)25-21(2)18-13-16-12-17-14-19(21)23(16,17)15-18/h16-19H,3-15H2,1-2H3. The first-order chi connectivity index (χ1) is 12.6. The van der Waals surface area contributed by atoms with Crippen LogP contribution >= 0.6 is 11.8 Å². The zero-order valence-corrected chi connectivity index (χ0v) is 17.5. The smallest absolute Gasteiger partial charge is 0.322 e. The van der Waals surface area contributed by atoms with Gasteiger partial charge in [0.1, 0.15) is 10.3 Å². The fraction of sp³-hybridized carbons (Fsp3) is 0.957. The molecule has 5 aliphatic carbocycles. The fourth-order valence-electron chi connectivity index (χ4n) is 7.91. The highest BCUT2D eigenvalue weighted by Crippen LogP contribution is 2.84. The minimum Gasteiger partial charge on any atom is -0.458 e. The van der Waals surface area contributed by atoms with Crippen LogP contribution in [0.2, 0.25) is 0 Å². The Morgan fingerprint density at radius 3 is 2.46 bits per heavy atom. The van der Waals surface area contributed by atoms with Crippen LogP contribution in [0.4, 0.5) is 0 Å². The Balaban J connectivity index is 1.25. The summed E-state index contributed by atoms with van der Waals surface area (Å²) in [5, 5.41) is 0. The predicted octanol–water partition coefficient (Wildman–Crippen LogP) is 5.98. The van der Waals surface area contributed by atoms with Crippen LogP contribution in [0.5, 0.6) is 0 Å². The van der Waals surface area contributed by atoms with Gasteiger partial charge in [0.25, 0.3) is 0 Å². The molecule has 0 heterocycles. The third-order valence-electron chi connectivity index (χ3n) is 9.40. The highest BCUT2D eigenvalue weighted by Gasteiger charge is 2.81. The van der Waals surface area contributed by atoms with Crippen molar-refractivity contribution >= 4 is 17.7 Å². The third kappa shape index (κ3) is 2.22. The molecule has 3 heteroatoms. The molecular formula is C23H36O2S. The lowest BCUT2D eigenvalue weighted by Gasteiger charge is -2.69. The number of carbonyl (C=O) groups excluding carboxylic acids is 1. The van der Waals surface area contributed by atoms with E-state index in [2.05, 4.69) is 13.8 Å². The van der Waals surface area contributed by atoms with Crippen LogP contribution < -0.4 is 0 Å². The normalized spacial score (nSPS) is 46.5. The molecule has 0 aliphatic heterocycles. The van der Waals surface area contributed by atoms with Gasteiger partial charge in [-0.25, -0.2) is 0 Å². The third-order valence-corrected chi connectivity index (χ3v) is 11.0. The second kappa shape index (κ2) is 6.16. The van der Waals surface area contributed by atoms with E-state index in [1.165, 1.54) is 64.2 Å². The van der Waals surface area contributed by atoms with E-state index in [4.69, 9.17) is 4.74 Å². The molecule has 6 unspecified atom stereocenters. The highest BCUT2D eigenvalue weighted by atomic mass is 32.2. The zero-order chi connectivity index (χ0) is 18.0. The molecule has 0 aromatic carbocycles. The van der Waals surface area contributed by atoms with Gasteiger partial charge in [-0.1, -0.05) is 39.0 Å². The van der Waals surface area contributed by atoms with Gasteiger partial charge in [0.05, 0.1) is 0 Å². The molecule has 0 radical (unpaired) electrons. The number of thioether (sulfide) groups is 1. The number of rotatable bonds is 8. The second-order valence-corrected chi connectivity index (χ2v) is 11.8. The van der Waals surface area contributed by atoms with Crippen LogP contribution in [0.15, 0.2) is 0 Å². The van der Waals surface area contributed by atoms with Crippen LogP contribution in [0.25, 0.3) is 0 Å². The number of hydrogen-bond donors (Lipinski definition) is 0. The number of fused-ring (bicyclic) bond motifs is 1. The lowest BCUT2D eigenvalue weighted by molar-refractivity contribution is -0.246. The summed E-state index contributed by atoms with van der Waals surface area (Å²) >= 11 is 1.95. The molecule has 2 bridgehead atoms. The van der Waals surface area contributed by atoms with Crippen molar-refractivity contribution in [1.29, 1.82) is 0 Å². The Morgan fingerprint density at radius 1 is 1.04 bits per heavy atom. The maximum atomic E-state index is 13.4. The summed E-state index contributed by atoms with van der Waals surface area (Å²) in [5.41, 5.74) is 0.485. The van der Waals surface area contributed by atoms with Gasteiger partial charge in [-0.3, -0.25) is 4.79 Å². The van der Waals surface area contributed by atoms with E-state index < -0.39 is 0 Å². The van der Waals surface area contributed by atoms with Crippen molar-refractivity contribution in [3.8, 4) is 0 Å². The summed E-state index contributed by atoms with van der Waals surface area (Å²) in [6, 6.07) is 0. The average molecular weight is 377 g/mol. The summed E-state index contributed by atoms with van der Waals surface area (Å²) in [4.78, 5) is 13.4. The molecule has 0 aromatic rings. The SMILES string of the molecule is CCCCCCSC1(C(=O)OC2(C)C3CC4CC5CC2C45C3)CCCC1. The summed E-state index contributed by atoms with van der Waals surface area (Å²) in [7, 11) is 0. The van der Waals surface area contributed by atoms with E-state index in [9.17, 15) is 4.79 Å². The van der Waals surface area contributed by atoms with E-state index in [-0.39, 0.29) is 16.3 Å². The Morgan fingerprint density at radius 2 is 1.77 bits per heavy atom. The van der Waals surface area contributed by atoms with Crippen molar-refractivity contribution in [2.24, 2.45) is 29.1 Å². The van der Waals surface area contributed by atoms with E-state index >= 15 is 0 Å². The van der Waals surface area contributed by atoms with Gasteiger partial charge in [0, 0.05) is 5.92 Å². The van der Waals surface area contributed by atoms with Crippen molar-refractivity contribution < 1.29 is 9.53 Å². The van der Waals surface area contributed by atoms with Crippen molar-refractivity contribution in [3.63, 3.8) is 0 Å². The molecule has 0 amide bonds. The molecule has 6 atom stereocenters. The van der Waals surface area contributed by atoms with E-state index in [1.807, 2.05) is 11.8 Å². The van der Waals surface area contributed by atoms with E-state index in [0.717, 1.165) is 30.4 Å². The Kier molecular flexibility index (Phi) is 4.24. The predicted molar refractivity (Wildman–Crippen MR) is 107 cm³/mol. The van der Waals surface area contributed by atoms with Crippen LogP contribution in [0.1, 0.15) is 90.9 Å². The van der Waals surface area contributed by atoms with Crippen LogP contribution in [-0.2, 0) is 9.53 Å². The largest absolute Gasteiger partial charge is 0.458 e. The molecular weight excluding hydrogens is 340 g/mol. The first-order valence-corrected chi connectivity index (χ1v) is 12.4. The van der Waals surface area contributed by atoms with E-state index in [0.29, 0.717) is 17.3 Å². The number of carbonyl (C=O) groups is 1. The summed E-state index contributed by atoms with van der Waals surface area (Å²) < 4.78 is 6.32. The van der Waals surface area contributed by atoms with Crippen LogP contribution in [-0.4, -0.2) is 22.1 Å². The van der Waals surface area contributed by atoms with Crippen molar-refractivity contribution in [3.05, 3.63) is 0 Å². The van der Waals surface area contributed by atoms with Gasteiger partial charge in [-0.15, -0.1) is 11.8 Å². The topological polar surface area (TPSA) is 26.3 Å². The average Bonchev–Trinajstić information content (AvgIpc) is 3.27. The van der Waals surface area contributed by atoms with Crippen molar-refractivity contribution in [1.82, 2.24) is 0 Å².